The molecular weight excluding hydrogens is 337 g/mol. The minimum atomic E-state index is 0.338. The summed E-state index contributed by atoms with van der Waals surface area (Å²) >= 11 is 11.9. The molecule has 2 rings (SSSR count). The van der Waals surface area contributed by atoms with Gasteiger partial charge in [0.15, 0.2) is 11.5 Å². The Morgan fingerprint density at radius 1 is 0.870 bits per heavy atom. The number of nitrogens with two attached hydrogens (primary N) is 1. The SMILES string of the molecule is CCOc1cc(CN)ccc1OCCOc1cc(Cl)ccc1Cl. The van der Waals surface area contributed by atoms with Gasteiger partial charge >= 0.3 is 0 Å². The van der Waals surface area contributed by atoms with Crippen molar-refractivity contribution in [3.8, 4) is 17.2 Å². The fourth-order valence-electron chi connectivity index (χ4n) is 1.96. The van der Waals surface area contributed by atoms with Crippen LogP contribution in [0.15, 0.2) is 36.4 Å². The first kappa shape index (κ1) is 17.7. The molecule has 0 aliphatic carbocycles. The average molecular weight is 356 g/mol. The van der Waals surface area contributed by atoms with Gasteiger partial charge in [0.1, 0.15) is 19.0 Å². The molecule has 0 fully saturated rings. The van der Waals surface area contributed by atoms with Crippen LogP contribution in [0, 0.1) is 0 Å². The summed E-state index contributed by atoms with van der Waals surface area (Å²) in [7, 11) is 0. The van der Waals surface area contributed by atoms with E-state index in [1.165, 1.54) is 0 Å². The zero-order valence-electron chi connectivity index (χ0n) is 12.9. The topological polar surface area (TPSA) is 53.7 Å². The van der Waals surface area contributed by atoms with E-state index in [4.69, 9.17) is 43.1 Å². The summed E-state index contributed by atoms with van der Waals surface area (Å²) in [5, 5.41) is 1.08. The molecule has 4 nitrogen and oxygen atoms in total. The van der Waals surface area contributed by atoms with Crippen molar-refractivity contribution in [3.05, 3.63) is 52.0 Å². The third-order valence-corrected chi connectivity index (χ3v) is 3.58. The van der Waals surface area contributed by atoms with Crippen LogP contribution >= 0.6 is 23.2 Å². The molecule has 0 spiro atoms. The molecule has 2 N–H and O–H groups in total. The maximum absolute atomic E-state index is 6.04. The van der Waals surface area contributed by atoms with E-state index in [0.717, 1.165) is 5.56 Å². The molecule has 0 saturated heterocycles. The second-order valence-corrected chi connectivity index (χ2v) is 5.53. The Kier molecular flexibility index (Phi) is 6.84. The molecule has 0 atom stereocenters. The van der Waals surface area contributed by atoms with Gasteiger partial charge in [-0.1, -0.05) is 29.3 Å². The van der Waals surface area contributed by atoms with Crippen molar-refractivity contribution in [2.45, 2.75) is 13.5 Å². The van der Waals surface area contributed by atoms with Crippen LogP contribution in [0.2, 0.25) is 10.0 Å². The molecule has 0 amide bonds. The van der Waals surface area contributed by atoms with Crippen molar-refractivity contribution in [3.63, 3.8) is 0 Å². The Morgan fingerprint density at radius 2 is 1.61 bits per heavy atom. The third kappa shape index (κ3) is 5.20. The quantitative estimate of drug-likeness (QED) is 0.716. The smallest absolute Gasteiger partial charge is 0.161 e. The second kappa shape index (κ2) is 8.87. The fraction of sp³-hybridized carbons (Fsp3) is 0.294. The van der Waals surface area contributed by atoms with Crippen molar-refractivity contribution >= 4 is 23.2 Å². The van der Waals surface area contributed by atoms with Gasteiger partial charge in [-0.05, 0) is 36.8 Å². The first-order valence-corrected chi connectivity index (χ1v) is 8.06. The van der Waals surface area contributed by atoms with E-state index in [9.17, 15) is 0 Å². The van der Waals surface area contributed by atoms with Crippen molar-refractivity contribution in [2.24, 2.45) is 5.73 Å². The van der Waals surface area contributed by atoms with E-state index in [-0.39, 0.29) is 0 Å². The van der Waals surface area contributed by atoms with Crippen LogP contribution in [0.25, 0.3) is 0 Å². The molecule has 0 aromatic heterocycles. The maximum atomic E-state index is 6.04. The third-order valence-electron chi connectivity index (χ3n) is 3.04. The molecule has 0 bridgehead atoms. The summed E-state index contributed by atoms with van der Waals surface area (Å²) in [5.74, 6) is 1.87. The van der Waals surface area contributed by atoms with E-state index >= 15 is 0 Å². The van der Waals surface area contributed by atoms with Gasteiger partial charge in [-0.3, -0.25) is 0 Å². The van der Waals surface area contributed by atoms with Gasteiger partial charge in [0.05, 0.1) is 11.6 Å². The van der Waals surface area contributed by atoms with Gasteiger partial charge in [-0.25, -0.2) is 0 Å². The molecule has 2 aromatic rings. The minimum Gasteiger partial charge on any atom is -0.490 e. The van der Waals surface area contributed by atoms with Gasteiger partial charge in [0.2, 0.25) is 0 Å². The van der Waals surface area contributed by atoms with Gasteiger partial charge in [-0.15, -0.1) is 0 Å². The van der Waals surface area contributed by atoms with Crippen LogP contribution in [0.5, 0.6) is 17.2 Å². The van der Waals surface area contributed by atoms with Gasteiger partial charge < -0.3 is 19.9 Å². The summed E-state index contributed by atoms with van der Waals surface area (Å²) in [4.78, 5) is 0. The zero-order valence-corrected chi connectivity index (χ0v) is 14.4. The number of hydrogen-bond donors (Lipinski definition) is 1. The van der Waals surface area contributed by atoms with Gasteiger partial charge in [0, 0.05) is 17.6 Å². The monoisotopic (exact) mass is 355 g/mol. The van der Waals surface area contributed by atoms with E-state index in [1.54, 1.807) is 18.2 Å². The number of benzene rings is 2. The lowest BCUT2D eigenvalue weighted by Crippen LogP contribution is -2.10. The Balaban J connectivity index is 1.92. The predicted molar refractivity (Wildman–Crippen MR) is 93.0 cm³/mol. The lowest BCUT2D eigenvalue weighted by Gasteiger charge is -2.14. The number of halogens is 2. The molecule has 0 radical (unpaired) electrons. The van der Waals surface area contributed by atoms with Gasteiger partial charge in [0.25, 0.3) is 0 Å². The van der Waals surface area contributed by atoms with Crippen LogP contribution < -0.4 is 19.9 Å². The summed E-state index contributed by atoms with van der Waals surface area (Å²) < 4.78 is 16.9. The molecule has 0 aliphatic rings. The van der Waals surface area contributed by atoms with Crippen LogP contribution in [0.3, 0.4) is 0 Å². The summed E-state index contributed by atoms with van der Waals surface area (Å²) in [5.41, 5.74) is 6.63. The van der Waals surface area contributed by atoms with E-state index < -0.39 is 0 Å². The highest BCUT2D eigenvalue weighted by Gasteiger charge is 2.07. The highest BCUT2D eigenvalue weighted by atomic mass is 35.5. The molecule has 124 valence electrons. The van der Waals surface area contributed by atoms with E-state index in [0.29, 0.717) is 53.7 Å². The minimum absolute atomic E-state index is 0.338. The fourth-order valence-corrected chi connectivity index (χ4v) is 2.29. The van der Waals surface area contributed by atoms with Crippen molar-refractivity contribution in [1.29, 1.82) is 0 Å². The normalized spacial score (nSPS) is 10.4. The van der Waals surface area contributed by atoms with E-state index in [2.05, 4.69) is 0 Å². The van der Waals surface area contributed by atoms with Crippen molar-refractivity contribution < 1.29 is 14.2 Å². The largest absolute Gasteiger partial charge is 0.490 e. The average Bonchev–Trinajstić information content (AvgIpc) is 2.55. The number of rotatable bonds is 8. The molecular formula is C17H19Cl2NO3. The maximum Gasteiger partial charge on any atom is 0.161 e. The molecule has 0 aliphatic heterocycles. The Hall–Kier alpha value is -1.62. The van der Waals surface area contributed by atoms with Crippen molar-refractivity contribution in [1.82, 2.24) is 0 Å². The van der Waals surface area contributed by atoms with Gasteiger partial charge in [-0.2, -0.15) is 0 Å². The van der Waals surface area contributed by atoms with Crippen LogP contribution in [0.1, 0.15) is 12.5 Å². The molecule has 0 saturated carbocycles. The molecule has 6 heteroatoms. The number of ether oxygens (including phenoxy) is 3. The van der Waals surface area contributed by atoms with E-state index in [1.807, 2.05) is 25.1 Å². The van der Waals surface area contributed by atoms with Crippen LogP contribution in [-0.2, 0) is 6.54 Å². The highest BCUT2D eigenvalue weighted by molar-refractivity contribution is 6.34. The van der Waals surface area contributed by atoms with Crippen molar-refractivity contribution in [2.75, 3.05) is 19.8 Å². The lowest BCUT2D eigenvalue weighted by atomic mass is 10.2. The zero-order chi connectivity index (χ0) is 16.7. The molecule has 2 aromatic carbocycles. The molecule has 0 heterocycles. The Morgan fingerprint density at radius 3 is 2.30 bits per heavy atom. The Labute approximate surface area is 146 Å². The van der Waals surface area contributed by atoms with Crippen LogP contribution in [-0.4, -0.2) is 19.8 Å². The summed E-state index contributed by atoms with van der Waals surface area (Å²) in [6, 6.07) is 10.7. The standard InChI is InChI=1S/C17H19Cl2NO3/c1-2-21-17-9-12(11-20)3-6-15(17)22-7-8-23-16-10-13(18)4-5-14(16)19/h3-6,9-10H,2,7-8,11,20H2,1H3. The Bertz CT molecular complexity index is 650. The first-order valence-electron chi connectivity index (χ1n) is 7.30. The summed E-state index contributed by atoms with van der Waals surface area (Å²) in [6.45, 7) is 3.62. The lowest BCUT2D eigenvalue weighted by molar-refractivity contribution is 0.208. The predicted octanol–water partition coefficient (Wildman–Crippen LogP) is 4.31. The van der Waals surface area contributed by atoms with Crippen LogP contribution in [0.4, 0.5) is 0 Å². The second-order valence-electron chi connectivity index (χ2n) is 4.69. The summed E-state index contributed by atoms with van der Waals surface area (Å²) in [6.07, 6.45) is 0. The first-order chi connectivity index (χ1) is 11.1. The number of hydrogen-bond acceptors (Lipinski definition) is 4. The molecule has 23 heavy (non-hydrogen) atoms. The highest BCUT2D eigenvalue weighted by Crippen LogP contribution is 2.29. The molecule has 0 unspecified atom stereocenters.